The number of carbonyl (C=O) groups is 1. The van der Waals surface area contributed by atoms with Crippen LogP contribution in [0.5, 0.6) is 0 Å². The molecule has 100 valence electrons. The Balaban J connectivity index is 2.38. The molecular formula is C16H14N2O2. The molecule has 0 amide bonds. The molecule has 20 heavy (non-hydrogen) atoms. The second-order valence-electron chi connectivity index (χ2n) is 5.08. The van der Waals surface area contributed by atoms with E-state index in [9.17, 15) is 9.90 Å². The number of pyridine rings is 1. The highest BCUT2D eigenvalue weighted by Crippen LogP contribution is 2.26. The SMILES string of the molecule is CC(C)(C(=O)O)c1ccc(-c2cncc(C#N)c2)cc1. The number of nitriles is 1. The number of carboxylic acids is 1. The van der Waals surface area contributed by atoms with Gasteiger partial charge in [0.2, 0.25) is 0 Å². The number of hydrogen-bond donors (Lipinski definition) is 1. The topological polar surface area (TPSA) is 74.0 Å². The lowest BCUT2D eigenvalue weighted by molar-refractivity contribution is -0.142. The van der Waals surface area contributed by atoms with Crippen molar-refractivity contribution < 1.29 is 9.90 Å². The van der Waals surface area contributed by atoms with Crippen LogP contribution in [0.25, 0.3) is 11.1 Å². The Kier molecular flexibility index (Phi) is 3.53. The van der Waals surface area contributed by atoms with E-state index in [1.54, 1.807) is 38.2 Å². The van der Waals surface area contributed by atoms with Crippen LogP contribution in [0.1, 0.15) is 25.0 Å². The molecule has 4 nitrogen and oxygen atoms in total. The monoisotopic (exact) mass is 266 g/mol. The van der Waals surface area contributed by atoms with Gasteiger partial charge < -0.3 is 5.11 Å². The number of hydrogen-bond acceptors (Lipinski definition) is 3. The van der Waals surface area contributed by atoms with E-state index in [1.165, 1.54) is 6.20 Å². The summed E-state index contributed by atoms with van der Waals surface area (Å²) < 4.78 is 0. The van der Waals surface area contributed by atoms with E-state index in [2.05, 4.69) is 4.98 Å². The molecule has 1 aromatic carbocycles. The highest BCUT2D eigenvalue weighted by molar-refractivity contribution is 5.80. The lowest BCUT2D eigenvalue weighted by atomic mass is 9.84. The second kappa shape index (κ2) is 5.14. The Hall–Kier alpha value is -2.67. The second-order valence-corrected chi connectivity index (χ2v) is 5.08. The van der Waals surface area contributed by atoms with E-state index in [0.717, 1.165) is 16.7 Å². The minimum atomic E-state index is -0.925. The largest absolute Gasteiger partial charge is 0.481 e. The van der Waals surface area contributed by atoms with Crippen molar-refractivity contribution >= 4 is 5.97 Å². The van der Waals surface area contributed by atoms with E-state index in [1.807, 2.05) is 18.2 Å². The van der Waals surface area contributed by atoms with Crippen molar-refractivity contribution in [3.63, 3.8) is 0 Å². The zero-order chi connectivity index (χ0) is 14.8. The van der Waals surface area contributed by atoms with Gasteiger partial charge in [0.05, 0.1) is 11.0 Å². The molecule has 0 unspecified atom stereocenters. The molecule has 1 heterocycles. The third-order valence-electron chi connectivity index (χ3n) is 3.34. The predicted octanol–water partition coefficient (Wildman–Crippen LogP) is 2.98. The summed E-state index contributed by atoms with van der Waals surface area (Å²) in [5.41, 5.74) is 2.05. The van der Waals surface area contributed by atoms with Gasteiger partial charge in [-0.15, -0.1) is 0 Å². The summed E-state index contributed by atoms with van der Waals surface area (Å²) in [5.74, 6) is -0.863. The van der Waals surface area contributed by atoms with E-state index in [-0.39, 0.29) is 0 Å². The van der Waals surface area contributed by atoms with Gasteiger partial charge >= 0.3 is 5.97 Å². The highest BCUT2D eigenvalue weighted by atomic mass is 16.4. The lowest BCUT2D eigenvalue weighted by Crippen LogP contribution is -2.28. The molecule has 1 aromatic heterocycles. The van der Waals surface area contributed by atoms with Gasteiger partial charge in [-0.25, -0.2) is 0 Å². The minimum absolute atomic E-state index is 0.498. The Morgan fingerprint density at radius 2 is 1.85 bits per heavy atom. The van der Waals surface area contributed by atoms with Crippen molar-refractivity contribution in [2.24, 2.45) is 0 Å². The van der Waals surface area contributed by atoms with Crippen LogP contribution in [0, 0.1) is 11.3 Å². The van der Waals surface area contributed by atoms with Gasteiger partial charge in [-0.05, 0) is 31.0 Å². The molecule has 0 atom stereocenters. The van der Waals surface area contributed by atoms with Crippen LogP contribution >= 0.6 is 0 Å². The summed E-state index contributed by atoms with van der Waals surface area (Å²) in [7, 11) is 0. The van der Waals surface area contributed by atoms with E-state index < -0.39 is 11.4 Å². The number of aromatic nitrogens is 1. The van der Waals surface area contributed by atoms with Gasteiger partial charge in [0.1, 0.15) is 6.07 Å². The van der Waals surface area contributed by atoms with E-state index >= 15 is 0 Å². The van der Waals surface area contributed by atoms with Gasteiger partial charge in [0.25, 0.3) is 0 Å². The summed E-state index contributed by atoms with van der Waals surface area (Å²) in [5, 5.41) is 18.1. The van der Waals surface area contributed by atoms with Gasteiger partial charge in [0.15, 0.2) is 0 Å². The summed E-state index contributed by atoms with van der Waals surface area (Å²) in [6.07, 6.45) is 3.18. The molecule has 0 spiro atoms. The molecule has 0 saturated carbocycles. The maximum atomic E-state index is 11.2. The van der Waals surface area contributed by atoms with Crippen molar-refractivity contribution in [2.75, 3.05) is 0 Å². The summed E-state index contributed by atoms with van der Waals surface area (Å²) in [6.45, 7) is 3.34. The van der Waals surface area contributed by atoms with E-state index in [0.29, 0.717) is 5.56 Å². The van der Waals surface area contributed by atoms with Crippen LogP contribution in [-0.2, 0) is 10.2 Å². The zero-order valence-corrected chi connectivity index (χ0v) is 11.3. The maximum Gasteiger partial charge on any atom is 0.313 e. The molecule has 2 aromatic rings. The molecule has 0 radical (unpaired) electrons. The molecule has 0 bridgehead atoms. The van der Waals surface area contributed by atoms with Crippen LogP contribution < -0.4 is 0 Å². The predicted molar refractivity (Wildman–Crippen MR) is 75.0 cm³/mol. The molecule has 0 saturated heterocycles. The van der Waals surface area contributed by atoms with Crippen LogP contribution in [0.3, 0.4) is 0 Å². The molecule has 4 heteroatoms. The first kappa shape index (κ1) is 13.8. The molecule has 0 aliphatic heterocycles. The molecule has 0 fully saturated rings. The van der Waals surface area contributed by atoms with Gasteiger partial charge in [-0.1, -0.05) is 24.3 Å². The summed E-state index contributed by atoms with van der Waals surface area (Å²) >= 11 is 0. The summed E-state index contributed by atoms with van der Waals surface area (Å²) in [4.78, 5) is 15.2. The normalized spacial score (nSPS) is 10.8. The number of nitrogens with zero attached hydrogens (tertiary/aromatic N) is 2. The molecule has 0 aliphatic rings. The number of benzene rings is 1. The van der Waals surface area contributed by atoms with Crippen LogP contribution in [0.15, 0.2) is 42.7 Å². The average molecular weight is 266 g/mol. The Bertz CT molecular complexity index is 682. The molecule has 2 rings (SSSR count). The van der Waals surface area contributed by atoms with Crippen LogP contribution in [0.4, 0.5) is 0 Å². The number of carboxylic acid groups (broad SMARTS) is 1. The van der Waals surface area contributed by atoms with Crippen molar-refractivity contribution in [3.8, 4) is 17.2 Å². The molecular weight excluding hydrogens is 252 g/mol. The third kappa shape index (κ3) is 2.52. The van der Waals surface area contributed by atoms with Crippen molar-refractivity contribution in [3.05, 3.63) is 53.9 Å². The fourth-order valence-electron chi connectivity index (χ4n) is 1.86. The zero-order valence-electron chi connectivity index (χ0n) is 11.3. The van der Waals surface area contributed by atoms with E-state index in [4.69, 9.17) is 5.26 Å². The van der Waals surface area contributed by atoms with Gasteiger partial charge in [-0.2, -0.15) is 5.26 Å². The first-order chi connectivity index (χ1) is 9.45. The van der Waals surface area contributed by atoms with Crippen molar-refractivity contribution in [2.45, 2.75) is 19.3 Å². The Labute approximate surface area is 117 Å². The van der Waals surface area contributed by atoms with Gasteiger partial charge in [-0.3, -0.25) is 9.78 Å². The number of rotatable bonds is 3. The molecule has 0 aliphatic carbocycles. The van der Waals surface area contributed by atoms with Gasteiger partial charge in [0, 0.05) is 18.0 Å². The van der Waals surface area contributed by atoms with Crippen LogP contribution in [-0.4, -0.2) is 16.1 Å². The molecule has 1 N–H and O–H groups in total. The Morgan fingerprint density at radius 1 is 1.20 bits per heavy atom. The first-order valence-corrected chi connectivity index (χ1v) is 6.14. The fourth-order valence-corrected chi connectivity index (χ4v) is 1.86. The first-order valence-electron chi connectivity index (χ1n) is 6.14. The van der Waals surface area contributed by atoms with Crippen molar-refractivity contribution in [1.82, 2.24) is 4.98 Å². The quantitative estimate of drug-likeness (QED) is 0.926. The lowest BCUT2D eigenvalue weighted by Gasteiger charge is -2.19. The summed E-state index contributed by atoms with van der Waals surface area (Å²) in [6, 6.07) is 11.1. The third-order valence-corrected chi connectivity index (χ3v) is 3.34. The maximum absolute atomic E-state index is 11.2. The van der Waals surface area contributed by atoms with Crippen molar-refractivity contribution in [1.29, 1.82) is 5.26 Å². The standard InChI is InChI=1S/C16H14N2O2/c1-16(2,15(19)20)14-5-3-12(4-6-14)13-7-11(8-17)9-18-10-13/h3-7,9-10H,1-2H3,(H,19,20). The average Bonchev–Trinajstić information content (AvgIpc) is 2.47. The highest BCUT2D eigenvalue weighted by Gasteiger charge is 2.29. The fraction of sp³-hybridized carbons (Fsp3) is 0.188. The van der Waals surface area contributed by atoms with Crippen LogP contribution in [0.2, 0.25) is 0 Å². The number of aliphatic carboxylic acids is 1. The smallest absolute Gasteiger partial charge is 0.313 e. The minimum Gasteiger partial charge on any atom is -0.481 e. The Morgan fingerprint density at radius 3 is 2.40 bits per heavy atom.